The van der Waals surface area contributed by atoms with Crippen LogP contribution in [0.25, 0.3) is 5.76 Å². The molecule has 0 radical (unpaired) electrons. The molecule has 10 heteroatoms. The second kappa shape index (κ2) is 10.7. The van der Waals surface area contributed by atoms with Crippen LogP contribution in [0.5, 0.6) is 5.75 Å². The van der Waals surface area contributed by atoms with Gasteiger partial charge in [-0.3, -0.25) is 24.7 Å². The van der Waals surface area contributed by atoms with E-state index in [1.54, 1.807) is 36.8 Å². The number of amides is 1. The molecule has 1 saturated heterocycles. The van der Waals surface area contributed by atoms with Crippen LogP contribution in [-0.4, -0.2) is 39.6 Å². The van der Waals surface area contributed by atoms with E-state index >= 15 is 0 Å². The van der Waals surface area contributed by atoms with Crippen LogP contribution in [0.15, 0.2) is 85.5 Å². The number of carbonyl (C=O) groups excluding carboxylic acids is 2. The highest BCUT2D eigenvalue weighted by Crippen LogP contribution is 2.39. The lowest BCUT2D eigenvalue weighted by molar-refractivity contribution is -0.695. The number of likely N-dealkylation sites (tertiary alicyclic amines) is 1. The number of ketones is 1. The van der Waals surface area contributed by atoms with E-state index < -0.39 is 28.4 Å². The first-order valence-electron chi connectivity index (χ1n) is 11.3. The fourth-order valence-electron chi connectivity index (χ4n) is 4.15. The molecule has 4 rings (SSSR count). The molecule has 2 heterocycles. The Kier molecular flexibility index (Phi) is 7.24. The minimum atomic E-state index is -1.04. The third-order valence-electron chi connectivity index (χ3n) is 5.83. The van der Waals surface area contributed by atoms with E-state index in [0.717, 1.165) is 0 Å². The summed E-state index contributed by atoms with van der Waals surface area (Å²) in [5.74, 6) is -1.80. The molecule has 3 aromatic rings. The van der Waals surface area contributed by atoms with E-state index in [-0.39, 0.29) is 23.4 Å². The fourth-order valence-corrected chi connectivity index (χ4v) is 4.15. The number of hydrogen-bond donors (Lipinski definition) is 1. The second-order valence-electron chi connectivity index (χ2n) is 8.15. The lowest BCUT2D eigenvalue weighted by atomic mass is 9.95. The van der Waals surface area contributed by atoms with Gasteiger partial charge in [-0.1, -0.05) is 42.7 Å². The predicted molar refractivity (Wildman–Crippen MR) is 127 cm³/mol. The molecule has 0 saturated carbocycles. The average Bonchev–Trinajstić information content (AvgIpc) is 3.50. The first kappa shape index (κ1) is 24.4. The van der Waals surface area contributed by atoms with Gasteiger partial charge in [0, 0.05) is 30.7 Å². The van der Waals surface area contributed by atoms with Gasteiger partial charge < -0.3 is 14.7 Å². The molecule has 1 unspecified atom stereocenters. The molecule has 10 nitrogen and oxygen atoms in total. The summed E-state index contributed by atoms with van der Waals surface area (Å²) in [4.78, 5) is 41.2. The zero-order chi connectivity index (χ0) is 25.7. The number of benzene rings is 2. The lowest BCUT2D eigenvalue weighted by Gasteiger charge is -2.27. The second-order valence-corrected chi connectivity index (χ2v) is 8.15. The largest absolute Gasteiger partial charge is 0.872 e. The Morgan fingerprint density at radius 1 is 1.22 bits per heavy atom. The van der Waals surface area contributed by atoms with Crippen LogP contribution >= 0.6 is 0 Å². The molecule has 1 fully saturated rings. The number of ether oxygens (including phenoxy) is 1. The molecule has 1 N–H and O–H groups in total. The van der Waals surface area contributed by atoms with Gasteiger partial charge in [-0.25, -0.2) is 4.57 Å². The van der Waals surface area contributed by atoms with E-state index in [0.29, 0.717) is 30.9 Å². The lowest BCUT2D eigenvalue weighted by Crippen LogP contribution is -2.36. The van der Waals surface area contributed by atoms with Crippen molar-refractivity contribution in [3.63, 3.8) is 0 Å². The van der Waals surface area contributed by atoms with Gasteiger partial charge in [0.2, 0.25) is 12.1 Å². The van der Waals surface area contributed by atoms with E-state index in [4.69, 9.17) is 4.74 Å². The summed E-state index contributed by atoms with van der Waals surface area (Å²) >= 11 is 0. The Bertz CT molecular complexity index is 1310. The maximum atomic E-state index is 13.5. The number of nitrogens with one attached hydrogen (secondary N) is 1. The molecule has 0 spiro atoms. The highest BCUT2D eigenvalue weighted by Gasteiger charge is 2.44. The van der Waals surface area contributed by atoms with Crippen molar-refractivity contribution in [1.82, 2.24) is 9.88 Å². The Balaban J connectivity index is 1.73. The minimum Gasteiger partial charge on any atom is -0.872 e. The summed E-state index contributed by atoms with van der Waals surface area (Å²) in [5, 5.41) is 24.9. The van der Waals surface area contributed by atoms with Gasteiger partial charge in [0.15, 0.2) is 0 Å². The standard InChI is InChI=1S/C26H24N4O6/c1-2-15-36-21-9-7-18(8-10-21)24(31)22-23(19-5-3-6-20(16-19)30(34)35)29(26(33)25(22)32)13-4-12-28-14-11-27-17-28/h2-3,5-11,14,16-17,23H,1,4,12-13,15H2,(H,31,32). The molecule has 0 bridgehead atoms. The third kappa shape index (κ3) is 5.02. The number of hydrogen-bond acceptors (Lipinski definition) is 6. The molecule has 1 aliphatic rings. The van der Waals surface area contributed by atoms with Gasteiger partial charge in [-0.15, -0.1) is 0 Å². The Morgan fingerprint density at radius 2 is 2.00 bits per heavy atom. The van der Waals surface area contributed by atoms with Crippen LogP contribution in [-0.2, 0) is 16.1 Å². The van der Waals surface area contributed by atoms with Crippen molar-refractivity contribution in [2.24, 2.45) is 0 Å². The quantitative estimate of drug-likeness (QED) is 0.0884. The molecule has 1 amide bonds. The molecular weight excluding hydrogens is 464 g/mol. The summed E-state index contributed by atoms with van der Waals surface area (Å²) in [6.45, 7) is 4.63. The van der Waals surface area contributed by atoms with Crippen LogP contribution in [0.3, 0.4) is 0 Å². The number of H-pyrrole nitrogens is 1. The van der Waals surface area contributed by atoms with E-state index in [2.05, 4.69) is 11.6 Å². The predicted octanol–water partition coefficient (Wildman–Crippen LogP) is 2.09. The number of non-ortho nitro benzene ring substituents is 1. The van der Waals surface area contributed by atoms with Crippen LogP contribution in [0.4, 0.5) is 5.69 Å². The number of carbonyl (C=O) groups is 2. The van der Waals surface area contributed by atoms with Crippen molar-refractivity contribution in [3.8, 4) is 5.75 Å². The van der Waals surface area contributed by atoms with E-state index in [1.807, 2.05) is 10.8 Å². The molecule has 1 aromatic heterocycles. The van der Waals surface area contributed by atoms with Crippen molar-refractivity contribution in [2.45, 2.75) is 19.0 Å². The van der Waals surface area contributed by atoms with E-state index in [1.165, 1.54) is 35.2 Å². The first-order valence-corrected chi connectivity index (χ1v) is 11.3. The smallest absolute Gasteiger partial charge is 0.295 e. The average molecular weight is 489 g/mol. The number of nitro groups is 1. The normalized spacial score (nSPS) is 16.8. The SMILES string of the molecule is C=CCOc1ccc(C([O-])=C2C(=O)C(=O)N(CCC[n+]3cc[nH]c3)C2c2cccc([N+](=O)[O-])c2)cc1. The summed E-state index contributed by atoms with van der Waals surface area (Å²) < 4.78 is 7.32. The third-order valence-corrected chi connectivity index (χ3v) is 5.83. The van der Waals surface area contributed by atoms with E-state index in [9.17, 15) is 24.8 Å². The highest BCUT2D eigenvalue weighted by molar-refractivity contribution is 6.46. The molecule has 184 valence electrons. The summed E-state index contributed by atoms with van der Waals surface area (Å²) in [6, 6.07) is 10.8. The van der Waals surface area contributed by atoms with Crippen molar-refractivity contribution in [2.75, 3.05) is 13.2 Å². The Labute approximate surface area is 206 Å². The van der Waals surface area contributed by atoms with Gasteiger partial charge in [0.1, 0.15) is 24.8 Å². The number of nitro benzene ring substituents is 1. The minimum absolute atomic E-state index is 0.182. The molecule has 0 aliphatic carbocycles. The molecule has 1 aliphatic heterocycles. The zero-order valence-electron chi connectivity index (χ0n) is 19.3. The number of nitrogens with zero attached hydrogens (tertiary/aromatic N) is 3. The molecule has 2 aromatic carbocycles. The van der Waals surface area contributed by atoms with Crippen LogP contribution in [0.1, 0.15) is 23.6 Å². The summed E-state index contributed by atoms with van der Waals surface area (Å²) in [5.41, 5.74) is 0.108. The highest BCUT2D eigenvalue weighted by atomic mass is 16.6. The van der Waals surface area contributed by atoms with Gasteiger partial charge in [0.25, 0.3) is 11.6 Å². The number of aromatic amines is 1. The van der Waals surface area contributed by atoms with Gasteiger partial charge >= 0.3 is 0 Å². The van der Waals surface area contributed by atoms with Gasteiger partial charge in [-0.2, -0.15) is 0 Å². The number of rotatable bonds is 10. The van der Waals surface area contributed by atoms with Gasteiger partial charge in [0.05, 0.1) is 17.5 Å². The van der Waals surface area contributed by atoms with Crippen LogP contribution in [0, 0.1) is 10.1 Å². The summed E-state index contributed by atoms with van der Waals surface area (Å²) in [6.07, 6.45) is 7.44. The number of imidazole rings is 1. The number of Topliss-reactive ketones (excluding diaryl/α,β-unsaturated/α-hetero) is 1. The van der Waals surface area contributed by atoms with Crippen LogP contribution in [0.2, 0.25) is 0 Å². The fraction of sp³-hybridized carbons (Fsp3) is 0.192. The van der Waals surface area contributed by atoms with Gasteiger partial charge in [-0.05, 0) is 23.3 Å². The number of aromatic nitrogens is 2. The maximum Gasteiger partial charge on any atom is 0.295 e. The summed E-state index contributed by atoms with van der Waals surface area (Å²) in [7, 11) is 0. The number of aryl methyl sites for hydroxylation is 1. The monoisotopic (exact) mass is 488 g/mol. The topological polar surface area (TPSA) is 132 Å². The van der Waals surface area contributed by atoms with Crippen LogP contribution < -0.4 is 14.4 Å². The van der Waals surface area contributed by atoms with Crippen molar-refractivity contribution >= 4 is 23.1 Å². The maximum absolute atomic E-state index is 13.5. The Hall–Kier alpha value is -4.73. The Morgan fingerprint density at radius 3 is 2.67 bits per heavy atom. The zero-order valence-corrected chi connectivity index (χ0v) is 19.3. The van der Waals surface area contributed by atoms with Crippen molar-refractivity contribution in [1.29, 1.82) is 0 Å². The first-order chi connectivity index (χ1) is 17.4. The molecular formula is C26H24N4O6. The molecule has 36 heavy (non-hydrogen) atoms. The van der Waals surface area contributed by atoms with Crippen molar-refractivity contribution < 1.29 is 28.9 Å². The van der Waals surface area contributed by atoms with Crippen molar-refractivity contribution in [3.05, 3.63) is 107 Å². The molecule has 1 atom stereocenters.